The van der Waals surface area contributed by atoms with Crippen LogP contribution in [-0.2, 0) is 4.79 Å². The van der Waals surface area contributed by atoms with Gasteiger partial charge in [0, 0.05) is 18.9 Å². The van der Waals surface area contributed by atoms with Crippen molar-refractivity contribution in [3.63, 3.8) is 0 Å². The molecule has 9 nitrogen and oxygen atoms in total. The minimum Gasteiger partial charge on any atom is -0.388 e. The Morgan fingerprint density at radius 3 is 2.34 bits per heavy atom. The van der Waals surface area contributed by atoms with E-state index in [2.05, 4.69) is 49.9 Å². The van der Waals surface area contributed by atoms with E-state index in [9.17, 15) is 15.0 Å². The van der Waals surface area contributed by atoms with Crippen LogP contribution in [-0.4, -0.2) is 60.4 Å². The van der Waals surface area contributed by atoms with Gasteiger partial charge in [0.05, 0.1) is 18.4 Å². The van der Waals surface area contributed by atoms with E-state index in [0.29, 0.717) is 42.8 Å². The van der Waals surface area contributed by atoms with Crippen molar-refractivity contribution in [2.75, 3.05) is 11.9 Å². The summed E-state index contributed by atoms with van der Waals surface area (Å²) in [5.41, 5.74) is 3.27. The normalized spacial score (nSPS) is 21.2. The van der Waals surface area contributed by atoms with E-state index in [4.69, 9.17) is 11.6 Å². The Balaban J connectivity index is 1.41. The van der Waals surface area contributed by atoms with Crippen LogP contribution in [0.25, 0.3) is 11.2 Å². The predicted molar refractivity (Wildman–Crippen MR) is 146 cm³/mol. The Morgan fingerprint density at radius 2 is 1.71 bits per heavy atom. The van der Waals surface area contributed by atoms with Gasteiger partial charge in [0.2, 0.25) is 11.2 Å². The van der Waals surface area contributed by atoms with Gasteiger partial charge in [-0.05, 0) is 35.6 Å². The molecule has 1 aliphatic carbocycles. The number of imidazole rings is 1. The fraction of sp³-hybridized carbons (Fsp3) is 0.357. The lowest BCUT2D eigenvalue weighted by Gasteiger charge is -2.20. The summed E-state index contributed by atoms with van der Waals surface area (Å²) in [4.78, 5) is 25.4. The largest absolute Gasteiger partial charge is 0.388 e. The highest BCUT2D eigenvalue weighted by Gasteiger charge is 2.43. The molecule has 198 valence electrons. The molecule has 5 rings (SSSR count). The number of hydrogen-bond donors (Lipinski definition) is 4. The summed E-state index contributed by atoms with van der Waals surface area (Å²) in [6, 6.07) is 19.3. The maximum absolute atomic E-state index is 12.1. The number of hydrogen-bond acceptors (Lipinski definition) is 7. The van der Waals surface area contributed by atoms with Gasteiger partial charge < -0.3 is 25.4 Å². The highest BCUT2D eigenvalue weighted by Crippen LogP contribution is 2.35. The van der Waals surface area contributed by atoms with Crippen LogP contribution in [0.1, 0.15) is 49.3 Å². The molecule has 2 heterocycles. The minimum absolute atomic E-state index is 0.0403. The lowest BCUT2D eigenvalue weighted by atomic mass is 9.91. The van der Waals surface area contributed by atoms with Crippen molar-refractivity contribution in [1.29, 1.82) is 0 Å². The second-order valence-corrected chi connectivity index (χ2v) is 9.97. The van der Waals surface area contributed by atoms with Crippen molar-refractivity contribution in [2.45, 2.75) is 56.4 Å². The zero-order valence-electron chi connectivity index (χ0n) is 21.0. The van der Waals surface area contributed by atoms with E-state index in [1.54, 1.807) is 10.9 Å². The van der Waals surface area contributed by atoms with Crippen molar-refractivity contribution in [3.8, 4) is 0 Å². The first-order chi connectivity index (χ1) is 18.5. The van der Waals surface area contributed by atoms with Crippen LogP contribution in [0.2, 0.25) is 5.28 Å². The first kappa shape index (κ1) is 26.1. The highest BCUT2D eigenvalue weighted by molar-refractivity contribution is 6.28. The van der Waals surface area contributed by atoms with Gasteiger partial charge in [-0.15, -0.1) is 0 Å². The van der Waals surface area contributed by atoms with Gasteiger partial charge in [-0.25, -0.2) is 4.98 Å². The quantitative estimate of drug-likeness (QED) is 0.241. The Kier molecular flexibility index (Phi) is 7.87. The van der Waals surface area contributed by atoms with Crippen LogP contribution >= 0.6 is 11.6 Å². The van der Waals surface area contributed by atoms with Gasteiger partial charge in [0.25, 0.3) is 0 Å². The number of nitrogens with one attached hydrogen (secondary N) is 2. The van der Waals surface area contributed by atoms with Crippen LogP contribution in [0.15, 0.2) is 67.0 Å². The number of carbonyl (C=O) groups is 1. The lowest BCUT2D eigenvalue weighted by molar-refractivity contribution is -0.122. The van der Waals surface area contributed by atoms with Gasteiger partial charge >= 0.3 is 0 Å². The fourth-order valence-electron chi connectivity index (χ4n) is 5.19. The van der Waals surface area contributed by atoms with Gasteiger partial charge in [-0.1, -0.05) is 67.6 Å². The number of aliphatic hydroxyl groups is 2. The molecule has 0 bridgehead atoms. The average molecular weight is 535 g/mol. The van der Waals surface area contributed by atoms with E-state index in [1.165, 1.54) is 0 Å². The van der Waals surface area contributed by atoms with Crippen molar-refractivity contribution in [3.05, 3.63) is 83.4 Å². The smallest absolute Gasteiger partial charge is 0.226 e. The molecule has 0 spiro atoms. The third-order valence-electron chi connectivity index (χ3n) is 7.10. The van der Waals surface area contributed by atoms with Crippen LogP contribution in [0.3, 0.4) is 0 Å². The third-order valence-corrected chi connectivity index (χ3v) is 7.27. The summed E-state index contributed by atoms with van der Waals surface area (Å²) < 4.78 is 1.71. The van der Waals surface area contributed by atoms with Crippen molar-refractivity contribution >= 4 is 34.5 Å². The summed E-state index contributed by atoms with van der Waals surface area (Å²) in [5, 5.41) is 27.7. The van der Waals surface area contributed by atoms with Gasteiger partial charge in [-0.3, -0.25) is 4.79 Å². The van der Waals surface area contributed by atoms with E-state index >= 15 is 0 Å². The minimum atomic E-state index is -1.11. The molecule has 1 aliphatic rings. The van der Waals surface area contributed by atoms with Gasteiger partial charge in [-0.2, -0.15) is 9.97 Å². The zero-order valence-corrected chi connectivity index (χ0v) is 21.8. The SMILES string of the molecule is CCCC(=O)NC1CC(n2cnc3c(NCC(c4ccccc4)c4ccccc4)nc(Cl)nc32)C(O)C1O. The molecule has 2 aromatic heterocycles. The molecule has 4 atom stereocenters. The second-order valence-electron chi connectivity index (χ2n) is 9.63. The molecule has 1 amide bonds. The molecule has 4 unspecified atom stereocenters. The van der Waals surface area contributed by atoms with E-state index in [0.717, 1.165) is 11.1 Å². The van der Waals surface area contributed by atoms with Gasteiger partial charge in [0.1, 0.15) is 12.2 Å². The number of carbonyl (C=O) groups excluding carboxylic acids is 1. The molecular weight excluding hydrogens is 504 g/mol. The van der Waals surface area contributed by atoms with Crippen LogP contribution in [0, 0.1) is 0 Å². The topological polar surface area (TPSA) is 125 Å². The van der Waals surface area contributed by atoms with E-state index in [-0.39, 0.29) is 17.1 Å². The molecule has 10 heteroatoms. The molecule has 4 aromatic rings. The Hall–Kier alpha value is -3.53. The van der Waals surface area contributed by atoms with Crippen LogP contribution in [0.4, 0.5) is 5.82 Å². The summed E-state index contributed by atoms with van der Waals surface area (Å²) >= 11 is 6.33. The Bertz CT molecular complexity index is 1340. The number of benzene rings is 2. The van der Waals surface area contributed by atoms with Crippen molar-refractivity contribution in [1.82, 2.24) is 24.8 Å². The predicted octanol–water partition coefficient (Wildman–Crippen LogP) is 3.68. The standard InChI is InChI=1S/C28H31ClN6O3/c1-2-9-22(36)32-20-14-21(25(38)24(20)37)35-16-31-23-26(33-28(29)34-27(23)35)30-15-19(17-10-5-3-6-11-17)18-12-7-4-8-13-18/h3-8,10-13,16,19-21,24-25,37-38H,2,9,14-15H2,1H3,(H,32,36)(H,30,33,34). The molecule has 1 saturated carbocycles. The summed E-state index contributed by atoms with van der Waals surface area (Å²) in [6.07, 6.45) is 0.757. The number of anilines is 1. The number of halogens is 1. The number of fused-ring (bicyclic) bond motifs is 1. The molecule has 4 N–H and O–H groups in total. The number of rotatable bonds is 9. The first-order valence-corrected chi connectivity index (χ1v) is 13.2. The molecule has 0 saturated heterocycles. The van der Waals surface area contributed by atoms with Gasteiger partial charge in [0.15, 0.2) is 17.0 Å². The summed E-state index contributed by atoms with van der Waals surface area (Å²) in [7, 11) is 0. The number of nitrogens with zero attached hydrogens (tertiary/aromatic N) is 4. The Morgan fingerprint density at radius 1 is 1.05 bits per heavy atom. The lowest BCUT2D eigenvalue weighted by Crippen LogP contribution is -2.42. The Labute approximate surface area is 225 Å². The maximum Gasteiger partial charge on any atom is 0.226 e. The number of aliphatic hydroxyl groups excluding tert-OH is 2. The average Bonchev–Trinajstić information content (AvgIpc) is 3.46. The fourth-order valence-corrected chi connectivity index (χ4v) is 5.35. The molecule has 38 heavy (non-hydrogen) atoms. The summed E-state index contributed by atoms with van der Waals surface area (Å²) in [5.74, 6) is 0.391. The molecule has 0 aliphatic heterocycles. The van der Waals surface area contributed by atoms with Crippen molar-refractivity contribution < 1.29 is 15.0 Å². The molecule has 1 fully saturated rings. The monoisotopic (exact) mass is 534 g/mol. The third kappa shape index (κ3) is 5.36. The number of amides is 1. The maximum atomic E-state index is 12.1. The number of aromatic nitrogens is 4. The highest BCUT2D eigenvalue weighted by atomic mass is 35.5. The van der Waals surface area contributed by atoms with Crippen LogP contribution in [0.5, 0.6) is 0 Å². The first-order valence-electron chi connectivity index (χ1n) is 12.9. The zero-order chi connectivity index (χ0) is 26.6. The van der Waals surface area contributed by atoms with E-state index in [1.807, 2.05) is 43.3 Å². The molecule has 0 radical (unpaired) electrons. The molecule has 2 aromatic carbocycles. The summed E-state index contributed by atoms with van der Waals surface area (Å²) in [6.45, 7) is 2.45. The molecular formula is C28H31ClN6O3. The van der Waals surface area contributed by atoms with Crippen molar-refractivity contribution in [2.24, 2.45) is 0 Å². The van der Waals surface area contributed by atoms with Crippen LogP contribution < -0.4 is 10.6 Å². The van der Waals surface area contributed by atoms with E-state index < -0.39 is 24.3 Å². The second kappa shape index (κ2) is 11.5.